The van der Waals surface area contributed by atoms with E-state index in [4.69, 9.17) is 21.1 Å². The van der Waals surface area contributed by atoms with Crippen molar-refractivity contribution in [1.29, 1.82) is 0 Å². The molecule has 254 valence electrons. The normalized spacial score (nSPS) is 19.2. The van der Waals surface area contributed by atoms with Crippen LogP contribution >= 0.6 is 11.6 Å². The van der Waals surface area contributed by atoms with Gasteiger partial charge in [0, 0.05) is 29.9 Å². The Morgan fingerprint density at radius 1 is 1.13 bits per heavy atom. The number of rotatable bonds is 11. The van der Waals surface area contributed by atoms with E-state index < -0.39 is 11.4 Å². The molecule has 46 heavy (non-hydrogen) atoms. The lowest BCUT2D eigenvalue weighted by atomic mass is 9.95. The maximum Gasteiger partial charge on any atom is 0.297 e. The highest BCUT2D eigenvalue weighted by atomic mass is 35.5. The average molecular weight is 660 g/mol. The van der Waals surface area contributed by atoms with Gasteiger partial charge < -0.3 is 19.9 Å². The first-order valence-corrected chi connectivity index (χ1v) is 17.1. The number of benzene rings is 1. The zero-order valence-electron chi connectivity index (χ0n) is 26.6. The van der Waals surface area contributed by atoms with Crippen molar-refractivity contribution >= 4 is 22.5 Å². The fourth-order valence-electron chi connectivity index (χ4n) is 7.01. The van der Waals surface area contributed by atoms with Crippen LogP contribution in [0, 0.1) is 5.82 Å². The van der Waals surface area contributed by atoms with Gasteiger partial charge in [0.2, 0.25) is 0 Å². The Kier molecular flexibility index (Phi) is 13.2. The third-order valence-electron chi connectivity index (χ3n) is 9.32. The third-order valence-corrected chi connectivity index (χ3v) is 9.66. The summed E-state index contributed by atoms with van der Waals surface area (Å²) in [5.41, 5.74) is 0.405. The summed E-state index contributed by atoms with van der Waals surface area (Å²) in [6.07, 6.45) is 12.6. The molecule has 0 saturated carbocycles. The molecule has 0 spiro atoms. The fourth-order valence-corrected chi connectivity index (χ4v) is 7.32. The standard InChI is InChI=1S/C32H41ClFN5O4.C2H6.CH4/c33-26-17-21(40)16-24(23(26)9-2-1-5-15-42-22-8-3-4-12-35-18-22)28-27(34)29-25(19-36-28)30(41)38-31(37-29)43-20-32-10-6-13-39(32)14-7-11-32;1-2;/h16-17,19,22,35,40H,1-15,18,20H2,(H,37,38,41);1-2H3;1H4. The fraction of sp³-hybridized carbons (Fsp3) is 0.629. The van der Waals surface area contributed by atoms with Gasteiger partial charge in [-0.1, -0.05) is 39.3 Å². The molecule has 6 rings (SSSR count). The molecule has 3 aromatic rings. The molecule has 1 atom stereocenters. The van der Waals surface area contributed by atoms with E-state index in [0.717, 1.165) is 77.5 Å². The van der Waals surface area contributed by atoms with E-state index >= 15 is 4.39 Å². The van der Waals surface area contributed by atoms with E-state index in [1.54, 1.807) is 0 Å². The number of phenolic OH excluding ortho intramolecular Hbond substituents is 1. The summed E-state index contributed by atoms with van der Waals surface area (Å²) in [7, 11) is 0. The Labute approximate surface area is 277 Å². The quantitative estimate of drug-likeness (QED) is 0.188. The second-order valence-corrected chi connectivity index (χ2v) is 12.6. The number of pyridine rings is 1. The van der Waals surface area contributed by atoms with Crippen LogP contribution in [-0.4, -0.2) is 76.0 Å². The maximum atomic E-state index is 16.1. The SMILES string of the molecule is C.CC.O=c1[nH]c(OCC23CCCN2CCC3)nc2c(F)c(-c3cc(O)cc(Cl)c3CCCCCOC3CCCCNC3)ncc12. The van der Waals surface area contributed by atoms with E-state index in [1.807, 2.05) is 13.8 Å². The predicted molar refractivity (Wildman–Crippen MR) is 183 cm³/mol. The molecule has 0 amide bonds. The van der Waals surface area contributed by atoms with Gasteiger partial charge in [-0.2, -0.15) is 4.98 Å². The van der Waals surface area contributed by atoms with Gasteiger partial charge in [-0.3, -0.25) is 19.7 Å². The molecule has 1 aromatic carbocycles. The number of aromatic hydroxyl groups is 1. The minimum absolute atomic E-state index is 0. The van der Waals surface area contributed by atoms with Gasteiger partial charge in [0.25, 0.3) is 11.6 Å². The molecule has 1 unspecified atom stereocenters. The number of phenols is 1. The molecule has 0 aliphatic carbocycles. The molecule has 0 radical (unpaired) electrons. The van der Waals surface area contributed by atoms with E-state index in [0.29, 0.717) is 35.8 Å². The highest BCUT2D eigenvalue weighted by Gasteiger charge is 2.45. The van der Waals surface area contributed by atoms with Crippen molar-refractivity contribution in [3.63, 3.8) is 0 Å². The van der Waals surface area contributed by atoms with Crippen LogP contribution in [0.3, 0.4) is 0 Å². The lowest BCUT2D eigenvalue weighted by molar-refractivity contribution is 0.0483. The van der Waals surface area contributed by atoms with Crippen molar-refractivity contribution in [3.8, 4) is 23.0 Å². The third kappa shape index (κ3) is 8.19. The molecule has 9 nitrogen and oxygen atoms in total. The molecule has 2 aromatic heterocycles. The molecule has 5 heterocycles. The summed E-state index contributed by atoms with van der Waals surface area (Å²) in [4.78, 5) is 26.7. The minimum atomic E-state index is -0.747. The first-order valence-electron chi connectivity index (χ1n) is 16.7. The summed E-state index contributed by atoms with van der Waals surface area (Å²) in [6, 6.07) is 2.93. The van der Waals surface area contributed by atoms with Crippen LogP contribution in [0.4, 0.5) is 4.39 Å². The van der Waals surface area contributed by atoms with Crippen LogP contribution < -0.4 is 15.6 Å². The molecular formula is C35H51ClFN5O4. The number of H-pyrrole nitrogens is 1. The zero-order chi connectivity index (χ0) is 31.8. The van der Waals surface area contributed by atoms with Crippen LogP contribution in [0.1, 0.15) is 91.0 Å². The number of nitrogens with one attached hydrogen (secondary N) is 2. The van der Waals surface area contributed by atoms with Crippen LogP contribution in [0.2, 0.25) is 5.02 Å². The molecule has 3 fully saturated rings. The van der Waals surface area contributed by atoms with Gasteiger partial charge >= 0.3 is 0 Å². The molecule has 3 aliphatic heterocycles. The number of aromatic nitrogens is 3. The van der Waals surface area contributed by atoms with Gasteiger partial charge in [0.15, 0.2) is 5.82 Å². The lowest BCUT2D eigenvalue weighted by Gasteiger charge is -2.31. The number of hydrogen-bond donors (Lipinski definition) is 3. The van der Waals surface area contributed by atoms with Crippen molar-refractivity contribution in [2.45, 2.75) is 104 Å². The van der Waals surface area contributed by atoms with Gasteiger partial charge in [-0.05, 0) is 102 Å². The summed E-state index contributed by atoms with van der Waals surface area (Å²) >= 11 is 6.57. The van der Waals surface area contributed by atoms with Gasteiger partial charge in [-0.15, -0.1) is 0 Å². The molecule has 3 N–H and O–H groups in total. The summed E-state index contributed by atoms with van der Waals surface area (Å²) in [5, 5.41) is 14.2. The van der Waals surface area contributed by atoms with Crippen LogP contribution in [0.5, 0.6) is 11.8 Å². The van der Waals surface area contributed by atoms with Crippen LogP contribution in [0.15, 0.2) is 23.1 Å². The predicted octanol–water partition coefficient (Wildman–Crippen LogP) is 7.02. The second-order valence-electron chi connectivity index (χ2n) is 12.2. The van der Waals surface area contributed by atoms with Crippen molar-refractivity contribution in [3.05, 3.63) is 45.1 Å². The summed E-state index contributed by atoms with van der Waals surface area (Å²) < 4.78 is 28.2. The summed E-state index contributed by atoms with van der Waals surface area (Å²) in [6.45, 7) is 9.17. The largest absolute Gasteiger partial charge is 0.508 e. The Bertz CT molecular complexity index is 1480. The number of halogens is 2. The highest BCUT2D eigenvalue weighted by molar-refractivity contribution is 6.32. The number of fused-ring (bicyclic) bond motifs is 2. The Morgan fingerprint density at radius 3 is 2.70 bits per heavy atom. The van der Waals surface area contributed by atoms with Gasteiger partial charge in [0.05, 0.1) is 17.0 Å². The Balaban J connectivity index is 0.00000157. The number of aromatic amines is 1. The number of unbranched alkanes of at least 4 members (excludes halogenated alkanes) is 2. The molecular weight excluding hydrogens is 609 g/mol. The van der Waals surface area contributed by atoms with Crippen LogP contribution in [0.25, 0.3) is 22.2 Å². The molecule has 3 saturated heterocycles. The first kappa shape index (κ1) is 36.1. The highest BCUT2D eigenvalue weighted by Crippen LogP contribution is 2.39. The van der Waals surface area contributed by atoms with Crippen molar-refractivity contribution in [2.75, 3.05) is 39.4 Å². The monoisotopic (exact) mass is 659 g/mol. The van der Waals surface area contributed by atoms with Crippen molar-refractivity contribution in [2.24, 2.45) is 0 Å². The molecule has 3 aliphatic rings. The zero-order valence-corrected chi connectivity index (χ0v) is 27.4. The van der Waals surface area contributed by atoms with Crippen LogP contribution in [-0.2, 0) is 11.2 Å². The molecule has 11 heteroatoms. The van der Waals surface area contributed by atoms with E-state index in [2.05, 4.69) is 25.2 Å². The van der Waals surface area contributed by atoms with E-state index in [-0.39, 0.29) is 47.4 Å². The van der Waals surface area contributed by atoms with Crippen molar-refractivity contribution < 1.29 is 19.0 Å². The van der Waals surface area contributed by atoms with Gasteiger partial charge in [-0.25, -0.2) is 4.39 Å². The first-order chi connectivity index (χ1) is 21.9. The Hall–Kier alpha value is -2.79. The second kappa shape index (κ2) is 16.9. The lowest BCUT2D eigenvalue weighted by Crippen LogP contribution is -2.43. The van der Waals surface area contributed by atoms with Crippen molar-refractivity contribution in [1.82, 2.24) is 25.2 Å². The van der Waals surface area contributed by atoms with E-state index in [9.17, 15) is 9.90 Å². The molecule has 0 bridgehead atoms. The number of hydrogen-bond acceptors (Lipinski definition) is 8. The topological polar surface area (TPSA) is 113 Å². The minimum Gasteiger partial charge on any atom is -0.508 e. The average Bonchev–Trinajstić information content (AvgIpc) is 3.51. The number of nitrogens with zero attached hydrogens (tertiary/aromatic N) is 3. The Morgan fingerprint density at radius 2 is 1.91 bits per heavy atom. The summed E-state index contributed by atoms with van der Waals surface area (Å²) in [5.74, 6) is -0.835. The van der Waals surface area contributed by atoms with E-state index in [1.165, 1.54) is 31.2 Å². The van der Waals surface area contributed by atoms with Gasteiger partial charge in [0.1, 0.15) is 23.6 Å². The smallest absolute Gasteiger partial charge is 0.297 e. The number of ether oxygens (including phenoxy) is 2. The maximum absolute atomic E-state index is 16.1.